The van der Waals surface area contributed by atoms with E-state index in [1.807, 2.05) is 0 Å². The predicted molar refractivity (Wildman–Crippen MR) is 53.3 cm³/mol. The maximum Gasteiger partial charge on any atom is 0.318 e. The largest absolute Gasteiger partial charge is 0.341 e. The predicted octanol–water partition coefficient (Wildman–Crippen LogP) is 2.01. The van der Waals surface area contributed by atoms with E-state index in [9.17, 15) is 4.79 Å². The van der Waals surface area contributed by atoms with Gasteiger partial charge in [0.25, 0.3) is 0 Å². The van der Waals surface area contributed by atoms with E-state index < -0.39 is 0 Å². The smallest absolute Gasteiger partial charge is 0.318 e. The summed E-state index contributed by atoms with van der Waals surface area (Å²) in [7, 11) is 1.61. The maximum absolute atomic E-state index is 10.8. The number of allylic oxidation sites excluding steroid dienone is 1. The quantitative estimate of drug-likeness (QED) is 0.674. The third-order valence-electron chi connectivity index (χ3n) is 2.46. The van der Waals surface area contributed by atoms with E-state index in [0.29, 0.717) is 5.92 Å². The lowest BCUT2D eigenvalue weighted by Gasteiger charge is -2.17. The summed E-state index contributed by atoms with van der Waals surface area (Å²) in [5, 5.41) is 5.15. The molecule has 0 bridgehead atoms. The Hall–Kier alpha value is -0.990. The van der Waals surface area contributed by atoms with Gasteiger partial charge in [-0.1, -0.05) is 25.3 Å². The van der Waals surface area contributed by atoms with Gasteiger partial charge in [0, 0.05) is 13.2 Å². The Bertz CT molecular complexity index is 183. The van der Waals surface area contributed by atoms with Crippen molar-refractivity contribution in [3.63, 3.8) is 0 Å². The van der Waals surface area contributed by atoms with E-state index in [2.05, 4.69) is 16.7 Å². The molecule has 0 aromatic rings. The first-order chi connectivity index (χ1) is 6.33. The van der Waals surface area contributed by atoms with Crippen LogP contribution in [0.15, 0.2) is 12.3 Å². The van der Waals surface area contributed by atoms with Crippen LogP contribution in [-0.4, -0.2) is 13.1 Å². The summed E-state index contributed by atoms with van der Waals surface area (Å²) in [5.41, 5.74) is 0. The summed E-state index contributed by atoms with van der Waals surface area (Å²) < 4.78 is 0. The summed E-state index contributed by atoms with van der Waals surface area (Å²) >= 11 is 0. The first-order valence-electron chi connectivity index (χ1n) is 4.98. The normalized spacial score (nSPS) is 18.8. The number of hydrogen-bond donors (Lipinski definition) is 2. The Morgan fingerprint density at radius 2 is 2.00 bits per heavy atom. The molecule has 0 aliphatic heterocycles. The van der Waals surface area contributed by atoms with Crippen molar-refractivity contribution >= 4 is 6.03 Å². The Kier molecular flexibility index (Phi) is 4.36. The Balaban J connectivity index is 2.18. The van der Waals surface area contributed by atoms with E-state index in [1.165, 1.54) is 32.1 Å². The van der Waals surface area contributed by atoms with Gasteiger partial charge in [0.2, 0.25) is 0 Å². The third kappa shape index (κ3) is 3.97. The number of nitrogens with one attached hydrogen (secondary N) is 2. The highest BCUT2D eigenvalue weighted by molar-refractivity contribution is 5.74. The molecule has 13 heavy (non-hydrogen) atoms. The third-order valence-corrected chi connectivity index (χ3v) is 2.46. The van der Waals surface area contributed by atoms with E-state index in [0.717, 1.165) is 0 Å². The zero-order valence-corrected chi connectivity index (χ0v) is 8.18. The molecule has 0 aromatic heterocycles. The lowest BCUT2D eigenvalue weighted by atomic mass is 9.89. The highest BCUT2D eigenvalue weighted by atomic mass is 16.2. The minimum Gasteiger partial charge on any atom is -0.341 e. The zero-order valence-electron chi connectivity index (χ0n) is 8.18. The van der Waals surface area contributed by atoms with Crippen molar-refractivity contribution in [3.8, 4) is 0 Å². The molecule has 0 saturated heterocycles. The summed E-state index contributed by atoms with van der Waals surface area (Å²) in [5.74, 6) is 0.672. The summed E-state index contributed by atoms with van der Waals surface area (Å²) in [6.07, 6.45) is 10.4. The van der Waals surface area contributed by atoms with Crippen LogP contribution in [0.5, 0.6) is 0 Å². The number of amides is 2. The van der Waals surface area contributed by atoms with Crippen molar-refractivity contribution in [1.82, 2.24) is 10.6 Å². The summed E-state index contributed by atoms with van der Waals surface area (Å²) in [6, 6.07) is -0.146. The second kappa shape index (κ2) is 5.62. The molecule has 3 nitrogen and oxygen atoms in total. The molecule has 1 aliphatic rings. The van der Waals surface area contributed by atoms with Gasteiger partial charge >= 0.3 is 6.03 Å². The monoisotopic (exact) mass is 182 g/mol. The number of carbonyl (C=O) groups is 1. The molecule has 2 amide bonds. The van der Waals surface area contributed by atoms with E-state index in [-0.39, 0.29) is 6.03 Å². The van der Waals surface area contributed by atoms with Crippen LogP contribution in [0.2, 0.25) is 0 Å². The van der Waals surface area contributed by atoms with Crippen molar-refractivity contribution < 1.29 is 4.79 Å². The second-order valence-electron chi connectivity index (χ2n) is 3.48. The molecule has 74 valence electrons. The van der Waals surface area contributed by atoms with Crippen molar-refractivity contribution in [2.24, 2.45) is 5.92 Å². The number of hydrogen-bond acceptors (Lipinski definition) is 1. The van der Waals surface area contributed by atoms with Gasteiger partial charge in [0.05, 0.1) is 0 Å². The van der Waals surface area contributed by atoms with Crippen LogP contribution in [0, 0.1) is 5.92 Å². The molecular formula is C10H18N2O. The van der Waals surface area contributed by atoms with Crippen LogP contribution in [0.25, 0.3) is 0 Å². The van der Waals surface area contributed by atoms with Gasteiger partial charge in [-0.25, -0.2) is 4.79 Å². The van der Waals surface area contributed by atoms with Crippen LogP contribution in [0.1, 0.15) is 32.1 Å². The first-order valence-corrected chi connectivity index (χ1v) is 4.98. The van der Waals surface area contributed by atoms with Gasteiger partial charge in [-0.15, -0.1) is 0 Å². The molecule has 1 aliphatic carbocycles. The molecule has 0 aromatic carbocycles. The molecule has 0 unspecified atom stereocenters. The number of carbonyl (C=O) groups excluding carboxylic acids is 1. The standard InChI is InChI=1S/C10H18N2O/c1-11-10(13)12-8-7-9-5-3-2-4-6-9/h7-9H,2-6H2,1H3,(H2,11,12,13)/b8-7+. The Morgan fingerprint density at radius 3 is 2.62 bits per heavy atom. The fraction of sp³-hybridized carbons (Fsp3) is 0.700. The maximum atomic E-state index is 10.8. The van der Waals surface area contributed by atoms with Crippen LogP contribution in [0.4, 0.5) is 4.79 Å². The molecular weight excluding hydrogens is 164 g/mol. The van der Waals surface area contributed by atoms with Crippen molar-refractivity contribution in [1.29, 1.82) is 0 Å². The molecule has 0 spiro atoms. The fourth-order valence-electron chi connectivity index (χ4n) is 1.66. The molecule has 1 fully saturated rings. The second-order valence-corrected chi connectivity index (χ2v) is 3.48. The van der Waals surface area contributed by atoms with Crippen molar-refractivity contribution in [3.05, 3.63) is 12.3 Å². The highest BCUT2D eigenvalue weighted by Gasteiger charge is 2.09. The van der Waals surface area contributed by atoms with Crippen molar-refractivity contribution in [2.45, 2.75) is 32.1 Å². The average molecular weight is 182 g/mol. The van der Waals surface area contributed by atoms with E-state index in [1.54, 1.807) is 13.2 Å². The van der Waals surface area contributed by atoms with Gasteiger partial charge in [-0.3, -0.25) is 0 Å². The van der Waals surface area contributed by atoms with E-state index >= 15 is 0 Å². The fourth-order valence-corrected chi connectivity index (χ4v) is 1.66. The first kappa shape index (κ1) is 10.1. The molecule has 2 N–H and O–H groups in total. The van der Waals surface area contributed by atoms with Gasteiger partial charge in [-0.05, 0) is 18.8 Å². The Labute approximate surface area is 79.6 Å². The van der Waals surface area contributed by atoms with Crippen LogP contribution in [-0.2, 0) is 0 Å². The van der Waals surface area contributed by atoms with Crippen LogP contribution >= 0.6 is 0 Å². The number of rotatable bonds is 2. The lowest BCUT2D eigenvalue weighted by molar-refractivity contribution is 0.246. The van der Waals surface area contributed by atoms with Gasteiger partial charge in [-0.2, -0.15) is 0 Å². The summed E-state index contributed by atoms with van der Waals surface area (Å²) in [4.78, 5) is 10.8. The topological polar surface area (TPSA) is 41.1 Å². The number of urea groups is 1. The Morgan fingerprint density at radius 1 is 1.31 bits per heavy atom. The van der Waals surface area contributed by atoms with Crippen molar-refractivity contribution in [2.75, 3.05) is 7.05 Å². The van der Waals surface area contributed by atoms with Crippen LogP contribution in [0.3, 0.4) is 0 Å². The molecule has 1 rings (SSSR count). The van der Waals surface area contributed by atoms with Gasteiger partial charge < -0.3 is 10.6 Å². The minimum absolute atomic E-state index is 0.146. The summed E-state index contributed by atoms with van der Waals surface area (Å²) in [6.45, 7) is 0. The van der Waals surface area contributed by atoms with Gasteiger partial charge in [0.1, 0.15) is 0 Å². The van der Waals surface area contributed by atoms with Crippen LogP contribution < -0.4 is 10.6 Å². The molecule has 0 radical (unpaired) electrons. The molecule has 3 heteroatoms. The lowest BCUT2D eigenvalue weighted by Crippen LogP contribution is -2.28. The van der Waals surface area contributed by atoms with E-state index in [4.69, 9.17) is 0 Å². The highest BCUT2D eigenvalue weighted by Crippen LogP contribution is 2.24. The molecule has 1 saturated carbocycles. The zero-order chi connectivity index (χ0) is 9.52. The molecule has 0 heterocycles. The van der Waals surface area contributed by atoms with Gasteiger partial charge in [0.15, 0.2) is 0 Å². The minimum atomic E-state index is -0.146. The SMILES string of the molecule is CNC(=O)N/C=C/C1CCCCC1. The molecule has 0 atom stereocenters. The average Bonchev–Trinajstić information content (AvgIpc) is 2.19.